The van der Waals surface area contributed by atoms with Gasteiger partial charge in [-0.25, -0.2) is 9.97 Å². The minimum absolute atomic E-state index is 0.676. The fraction of sp³-hybridized carbons (Fsp3) is 0.0526. The summed E-state index contributed by atoms with van der Waals surface area (Å²) in [7, 11) is 0. The van der Waals surface area contributed by atoms with Crippen LogP contribution >= 0.6 is 34.5 Å². The van der Waals surface area contributed by atoms with Gasteiger partial charge in [-0.15, -0.1) is 11.3 Å². The molecule has 0 spiro atoms. The number of aryl methyl sites for hydroxylation is 1. The molecule has 2 heterocycles. The first-order valence-corrected chi connectivity index (χ1v) is 9.21. The highest BCUT2D eigenvalue weighted by molar-refractivity contribution is 7.19. The van der Waals surface area contributed by atoms with Gasteiger partial charge in [-0.1, -0.05) is 41.4 Å². The van der Waals surface area contributed by atoms with Crippen molar-refractivity contribution in [2.75, 3.05) is 5.32 Å². The molecule has 2 aromatic carbocycles. The predicted molar refractivity (Wildman–Crippen MR) is 107 cm³/mol. The third kappa shape index (κ3) is 3.21. The number of nitrogens with one attached hydrogen (secondary N) is 1. The van der Waals surface area contributed by atoms with Gasteiger partial charge in [-0.3, -0.25) is 0 Å². The van der Waals surface area contributed by atoms with E-state index in [1.54, 1.807) is 17.7 Å². The van der Waals surface area contributed by atoms with Crippen LogP contribution in [0.15, 0.2) is 54.9 Å². The highest BCUT2D eigenvalue weighted by atomic mass is 35.5. The quantitative estimate of drug-likeness (QED) is 0.425. The van der Waals surface area contributed by atoms with Crippen molar-refractivity contribution in [3.05, 3.63) is 69.8 Å². The lowest BCUT2D eigenvalue weighted by molar-refractivity contribution is 1.23. The van der Waals surface area contributed by atoms with E-state index in [4.69, 9.17) is 23.2 Å². The van der Waals surface area contributed by atoms with Gasteiger partial charge in [-0.05, 0) is 42.8 Å². The molecule has 0 fully saturated rings. The van der Waals surface area contributed by atoms with Crippen molar-refractivity contribution >= 4 is 56.3 Å². The molecule has 0 saturated heterocycles. The number of rotatable bonds is 3. The Balaban J connectivity index is 1.89. The first kappa shape index (κ1) is 16.3. The van der Waals surface area contributed by atoms with Crippen molar-refractivity contribution in [1.29, 1.82) is 0 Å². The maximum atomic E-state index is 6.09. The van der Waals surface area contributed by atoms with Crippen LogP contribution in [0.3, 0.4) is 0 Å². The van der Waals surface area contributed by atoms with Crippen molar-refractivity contribution in [1.82, 2.24) is 9.97 Å². The number of fused-ring (bicyclic) bond motifs is 1. The maximum Gasteiger partial charge on any atom is 0.143 e. The number of halogens is 2. The molecule has 4 aromatic rings. The second kappa shape index (κ2) is 6.64. The maximum absolute atomic E-state index is 6.09. The molecule has 6 heteroatoms. The summed E-state index contributed by atoms with van der Waals surface area (Å²) in [6.07, 6.45) is 1.58. The monoisotopic (exact) mass is 385 g/mol. The molecule has 124 valence electrons. The third-order valence-corrected chi connectivity index (χ3v) is 5.38. The van der Waals surface area contributed by atoms with Crippen LogP contribution in [0.4, 0.5) is 11.5 Å². The Hall–Kier alpha value is -2.14. The smallest absolute Gasteiger partial charge is 0.143 e. The van der Waals surface area contributed by atoms with Crippen LogP contribution in [-0.4, -0.2) is 9.97 Å². The topological polar surface area (TPSA) is 37.8 Å². The van der Waals surface area contributed by atoms with Crippen LogP contribution in [0.5, 0.6) is 0 Å². The van der Waals surface area contributed by atoms with Gasteiger partial charge in [0, 0.05) is 26.2 Å². The highest BCUT2D eigenvalue weighted by Gasteiger charge is 2.17. The molecular weight excluding hydrogens is 373 g/mol. The minimum atomic E-state index is 0.676. The van der Waals surface area contributed by atoms with Gasteiger partial charge in [-0.2, -0.15) is 0 Å². The van der Waals surface area contributed by atoms with Gasteiger partial charge in [0.25, 0.3) is 0 Å². The van der Waals surface area contributed by atoms with Gasteiger partial charge >= 0.3 is 0 Å². The van der Waals surface area contributed by atoms with Crippen LogP contribution in [0.2, 0.25) is 10.0 Å². The summed E-state index contributed by atoms with van der Waals surface area (Å²) in [6.45, 7) is 2.10. The number of aromatic nitrogens is 2. The lowest BCUT2D eigenvalue weighted by Gasteiger charge is -2.09. The molecule has 25 heavy (non-hydrogen) atoms. The zero-order valence-electron chi connectivity index (χ0n) is 13.3. The molecule has 0 aliphatic rings. The Kier molecular flexibility index (Phi) is 4.34. The second-order valence-electron chi connectivity index (χ2n) is 5.58. The zero-order valence-corrected chi connectivity index (χ0v) is 15.6. The number of benzene rings is 2. The normalized spacial score (nSPS) is 11.0. The van der Waals surface area contributed by atoms with Gasteiger partial charge < -0.3 is 5.32 Å². The molecule has 0 aliphatic carbocycles. The molecule has 0 aliphatic heterocycles. The first-order chi connectivity index (χ1) is 12.1. The van der Waals surface area contributed by atoms with Crippen molar-refractivity contribution in [3.8, 4) is 11.1 Å². The molecule has 0 amide bonds. The Morgan fingerprint density at radius 3 is 2.52 bits per heavy atom. The average Bonchev–Trinajstić information content (AvgIpc) is 2.93. The van der Waals surface area contributed by atoms with Gasteiger partial charge in [0.15, 0.2) is 0 Å². The van der Waals surface area contributed by atoms with Crippen LogP contribution in [0.25, 0.3) is 21.3 Å². The molecule has 1 N–H and O–H groups in total. The summed E-state index contributed by atoms with van der Waals surface area (Å²) in [6, 6.07) is 15.4. The fourth-order valence-electron chi connectivity index (χ4n) is 2.81. The summed E-state index contributed by atoms with van der Waals surface area (Å²) < 4.78 is 0. The molecule has 0 atom stereocenters. The van der Waals surface area contributed by atoms with Gasteiger partial charge in [0.05, 0.1) is 5.39 Å². The summed E-state index contributed by atoms with van der Waals surface area (Å²) in [5.41, 5.74) is 3.11. The van der Waals surface area contributed by atoms with Gasteiger partial charge in [0.1, 0.15) is 17.0 Å². The van der Waals surface area contributed by atoms with Gasteiger partial charge in [0.2, 0.25) is 0 Å². The van der Waals surface area contributed by atoms with Crippen molar-refractivity contribution in [2.45, 2.75) is 6.92 Å². The van der Waals surface area contributed by atoms with Crippen LogP contribution in [-0.2, 0) is 0 Å². The Labute approximate surface area is 159 Å². The Morgan fingerprint density at radius 2 is 1.76 bits per heavy atom. The number of anilines is 2. The molecule has 0 unspecified atom stereocenters. The second-order valence-corrected chi connectivity index (χ2v) is 7.65. The Morgan fingerprint density at radius 1 is 0.960 bits per heavy atom. The molecule has 2 aromatic heterocycles. The molecule has 4 rings (SSSR count). The zero-order chi connectivity index (χ0) is 17.4. The molecule has 0 bridgehead atoms. The summed E-state index contributed by atoms with van der Waals surface area (Å²) >= 11 is 13.8. The summed E-state index contributed by atoms with van der Waals surface area (Å²) in [5.74, 6) is 0.765. The fourth-order valence-corrected chi connectivity index (χ4v) is 4.14. The average molecular weight is 386 g/mol. The lowest BCUT2D eigenvalue weighted by atomic mass is 10.0. The number of thiophene rings is 1. The summed E-state index contributed by atoms with van der Waals surface area (Å²) in [4.78, 5) is 11.0. The Bertz CT molecular complexity index is 1060. The number of hydrogen-bond donors (Lipinski definition) is 1. The van der Waals surface area contributed by atoms with Crippen LogP contribution < -0.4 is 5.32 Å². The number of nitrogens with zero attached hydrogens (tertiary/aromatic N) is 2. The van der Waals surface area contributed by atoms with Crippen molar-refractivity contribution in [3.63, 3.8) is 0 Å². The SMILES string of the molecule is Cc1sc2ncnc(Nc3cccc(Cl)c3)c2c1-c1ccc(Cl)cc1. The van der Waals surface area contributed by atoms with E-state index >= 15 is 0 Å². The van der Waals surface area contributed by atoms with E-state index in [-0.39, 0.29) is 0 Å². The first-order valence-electron chi connectivity index (χ1n) is 7.64. The lowest BCUT2D eigenvalue weighted by Crippen LogP contribution is -1.95. The molecular formula is C19H13Cl2N3S. The van der Waals surface area contributed by atoms with E-state index < -0.39 is 0 Å². The van der Waals surface area contributed by atoms with E-state index in [2.05, 4.69) is 22.2 Å². The van der Waals surface area contributed by atoms with Crippen LogP contribution in [0, 0.1) is 6.92 Å². The van der Waals surface area contributed by atoms with E-state index in [1.807, 2.05) is 48.5 Å². The van der Waals surface area contributed by atoms with Crippen LogP contribution in [0.1, 0.15) is 4.88 Å². The van der Waals surface area contributed by atoms with Crippen molar-refractivity contribution in [2.24, 2.45) is 0 Å². The molecule has 3 nitrogen and oxygen atoms in total. The third-order valence-electron chi connectivity index (χ3n) is 3.88. The van der Waals surface area contributed by atoms with E-state index in [0.717, 1.165) is 37.9 Å². The largest absolute Gasteiger partial charge is 0.340 e. The molecule has 0 radical (unpaired) electrons. The standard InChI is InChI=1S/C19H13Cl2N3S/c1-11-16(12-5-7-13(20)8-6-12)17-18(22-10-23-19(17)25-11)24-15-4-2-3-14(21)9-15/h2-10H,1H3,(H,22,23,24). The van der Waals surface area contributed by atoms with E-state index in [9.17, 15) is 0 Å². The molecule has 0 saturated carbocycles. The minimum Gasteiger partial charge on any atom is -0.340 e. The van der Waals surface area contributed by atoms with E-state index in [1.165, 1.54) is 4.88 Å². The van der Waals surface area contributed by atoms with E-state index in [0.29, 0.717) is 5.02 Å². The number of hydrogen-bond acceptors (Lipinski definition) is 4. The predicted octanol–water partition coefficient (Wildman–Crippen LogP) is 6.72. The van der Waals surface area contributed by atoms with Crippen molar-refractivity contribution < 1.29 is 0 Å². The summed E-state index contributed by atoms with van der Waals surface area (Å²) in [5, 5.41) is 5.77. The highest BCUT2D eigenvalue weighted by Crippen LogP contribution is 2.41.